The molecule has 0 unspecified atom stereocenters. The predicted octanol–water partition coefficient (Wildman–Crippen LogP) is 1.41. The van der Waals surface area contributed by atoms with E-state index in [0.717, 1.165) is 9.25 Å². The number of aromatic nitrogens is 5. The molecule has 0 fully saturated rings. The molecule has 1 amide bonds. The highest BCUT2D eigenvalue weighted by molar-refractivity contribution is 5.89. The van der Waals surface area contributed by atoms with Crippen LogP contribution < -0.4 is 26.0 Å². The third kappa shape index (κ3) is 4.67. The second-order valence-corrected chi connectivity index (χ2v) is 7.21. The zero-order valence-electron chi connectivity index (χ0n) is 19.2. The summed E-state index contributed by atoms with van der Waals surface area (Å²) >= 11 is 0. The molecule has 0 aliphatic rings. The Balaban J connectivity index is 1.62. The van der Waals surface area contributed by atoms with Gasteiger partial charge in [0.15, 0.2) is 5.69 Å². The molecule has 12 heteroatoms. The van der Waals surface area contributed by atoms with Crippen molar-refractivity contribution in [2.45, 2.75) is 20.0 Å². The Morgan fingerprint density at radius 3 is 2.54 bits per heavy atom. The van der Waals surface area contributed by atoms with E-state index in [1.54, 1.807) is 62.6 Å². The largest absolute Gasteiger partial charge is 0.497 e. The van der Waals surface area contributed by atoms with Gasteiger partial charge in [0.05, 0.1) is 19.9 Å². The average Bonchev–Trinajstić information content (AvgIpc) is 3.38. The molecule has 0 saturated carbocycles. The maximum Gasteiger partial charge on any atom is 0.352 e. The molecule has 35 heavy (non-hydrogen) atoms. The van der Waals surface area contributed by atoms with Crippen LogP contribution in [0.1, 0.15) is 23.2 Å². The predicted molar refractivity (Wildman–Crippen MR) is 124 cm³/mol. The summed E-state index contributed by atoms with van der Waals surface area (Å²) < 4.78 is 17.6. The quantitative estimate of drug-likeness (QED) is 0.397. The summed E-state index contributed by atoms with van der Waals surface area (Å²) in [5.74, 6) is -0.0963. The number of nitrogens with one attached hydrogen (secondary N) is 1. The molecule has 180 valence electrons. The lowest BCUT2D eigenvalue weighted by atomic mass is 10.2. The second kappa shape index (κ2) is 10.0. The van der Waals surface area contributed by atoms with Crippen molar-refractivity contribution >= 4 is 5.91 Å². The number of carbonyl (C=O) groups excluding carboxylic acids is 1. The smallest absolute Gasteiger partial charge is 0.352 e. The second-order valence-electron chi connectivity index (χ2n) is 7.21. The average molecular weight is 478 g/mol. The van der Waals surface area contributed by atoms with Crippen LogP contribution >= 0.6 is 0 Å². The molecule has 12 nitrogen and oxygen atoms in total. The van der Waals surface area contributed by atoms with Crippen LogP contribution in [0.15, 0.2) is 62.6 Å². The zero-order valence-corrected chi connectivity index (χ0v) is 19.2. The van der Waals surface area contributed by atoms with Crippen LogP contribution in [0.25, 0.3) is 17.2 Å². The molecule has 0 aliphatic heterocycles. The maximum atomic E-state index is 12.9. The molecule has 0 radical (unpaired) electrons. The Morgan fingerprint density at radius 2 is 1.86 bits per heavy atom. The van der Waals surface area contributed by atoms with Crippen LogP contribution in [0.2, 0.25) is 0 Å². The lowest BCUT2D eigenvalue weighted by Gasteiger charge is -2.10. The van der Waals surface area contributed by atoms with Crippen LogP contribution in [0.4, 0.5) is 0 Å². The van der Waals surface area contributed by atoms with Gasteiger partial charge in [0.1, 0.15) is 11.5 Å². The molecule has 2 aromatic heterocycles. The summed E-state index contributed by atoms with van der Waals surface area (Å²) in [5, 5.41) is 10.6. The minimum Gasteiger partial charge on any atom is -0.497 e. The van der Waals surface area contributed by atoms with E-state index in [-0.39, 0.29) is 30.5 Å². The highest BCUT2D eigenvalue weighted by Gasteiger charge is 2.22. The van der Waals surface area contributed by atoms with Crippen LogP contribution in [0, 0.1) is 0 Å². The summed E-state index contributed by atoms with van der Waals surface area (Å²) in [7, 11) is 3.05. The summed E-state index contributed by atoms with van der Waals surface area (Å²) in [4.78, 5) is 42.2. The fourth-order valence-electron chi connectivity index (χ4n) is 3.33. The van der Waals surface area contributed by atoms with E-state index < -0.39 is 17.2 Å². The van der Waals surface area contributed by atoms with E-state index in [0.29, 0.717) is 22.7 Å². The van der Waals surface area contributed by atoms with Gasteiger partial charge in [-0.15, -0.1) is 0 Å². The number of methoxy groups -OCH3 is 2. The Bertz CT molecular complexity index is 1470. The Morgan fingerprint density at radius 1 is 1.09 bits per heavy atom. The molecule has 0 bridgehead atoms. The summed E-state index contributed by atoms with van der Waals surface area (Å²) in [6.45, 7) is 1.88. The van der Waals surface area contributed by atoms with Gasteiger partial charge in [-0.3, -0.25) is 14.2 Å². The molecule has 2 aromatic carbocycles. The van der Waals surface area contributed by atoms with E-state index >= 15 is 0 Å². The van der Waals surface area contributed by atoms with Gasteiger partial charge in [0.25, 0.3) is 5.56 Å². The molecule has 2 heterocycles. The van der Waals surface area contributed by atoms with Gasteiger partial charge in [-0.2, -0.15) is 14.8 Å². The van der Waals surface area contributed by atoms with Crippen molar-refractivity contribution < 1.29 is 18.8 Å². The lowest BCUT2D eigenvalue weighted by molar-refractivity contribution is 0.0906. The van der Waals surface area contributed by atoms with E-state index in [4.69, 9.17) is 14.0 Å². The van der Waals surface area contributed by atoms with Crippen molar-refractivity contribution in [2.24, 2.45) is 0 Å². The van der Waals surface area contributed by atoms with E-state index in [1.165, 1.54) is 7.11 Å². The van der Waals surface area contributed by atoms with Gasteiger partial charge in [-0.05, 0) is 31.2 Å². The number of para-hydroxylation sites is 1. The number of hydrogen-bond donors (Lipinski definition) is 1. The number of nitrogens with zero attached hydrogens (tertiary/aromatic N) is 5. The number of benzene rings is 2. The first-order valence-electron chi connectivity index (χ1n) is 10.6. The maximum absolute atomic E-state index is 12.9. The van der Waals surface area contributed by atoms with Gasteiger partial charge in [-0.25, -0.2) is 4.79 Å². The Labute approximate surface area is 198 Å². The van der Waals surface area contributed by atoms with Crippen LogP contribution in [-0.4, -0.2) is 44.6 Å². The number of ether oxygens (including phenoxy) is 2. The molecule has 4 aromatic rings. The van der Waals surface area contributed by atoms with Crippen molar-refractivity contribution in [2.75, 3.05) is 14.2 Å². The normalized spacial score (nSPS) is 10.7. The number of rotatable bonds is 8. The van der Waals surface area contributed by atoms with E-state index in [1.807, 2.05) is 0 Å². The topological polar surface area (TPSA) is 143 Å². The first kappa shape index (κ1) is 23.4. The number of carbonyl (C=O) groups is 1. The first-order valence-corrected chi connectivity index (χ1v) is 10.6. The van der Waals surface area contributed by atoms with Gasteiger partial charge < -0.3 is 19.3 Å². The fraction of sp³-hybridized carbons (Fsp3) is 0.217. The number of amides is 1. The van der Waals surface area contributed by atoms with Crippen molar-refractivity contribution in [1.82, 2.24) is 29.8 Å². The Kier molecular flexibility index (Phi) is 6.71. The van der Waals surface area contributed by atoms with Crippen molar-refractivity contribution in [1.29, 1.82) is 0 Å². The lowest BCUT2D eigenvalue weighted by Crippen LogP contribution is -2.41. The zero-order chi connectivity index (χ0) is 24.9. The summed E-state index contributed by atoms with van der Waals surface area (Å²) in [5.41, 5.74) is -0.377. The van der Waals surface area contributed by atoms with Crippen LogP contribution in [-0.2, 0) is 13.1 Å². The van der Waals surface area contributed by atoms with Crippen molar-refractivity contribution in [3.05, 3.63) is 80.8 Å². The molecule has 4 rings (SSSR count). The van der Waals surface area contributed by atoms with Crippen molar-refractivity contribution in [3.8, 4) is 28.7 Å². The molecular formula is C23H22N6O6. The molecule has 0 atom stereocenters. The van der Waals surface area contributed by atoms with Crippen LogP contribution in [0.3, 0.4) is 0 Å². The van der Waals surface area contributed by atoms with Crippen molar-refractivity contribution in [3.63, 3.8) is 0 Å². The molecule has 0 aliphatic carbocycles. The van der Waals surface area contributed by atoms with Gasteiger partial charge >= 0.3 is 17.5 Å². The van der Waals surface area contributed by atoms with E-state index in [9.17, 15) is 14.4 Å². The minimum atomic E-state index is -0.694. The summed E-state index contributed by atoms with van der Waals surface area (Å²) in [6.07, 6.45) is 0. The number of hydrogen-bond acceptors (Lipinski definition) is 9. The molecule has 0 spiro atoms. The molecule has 0 saturated heterocycles. The van der Waals surface area contributed by atoms with Gasteiger partial charge in [0, 0.05) is 24.7 Å². The Hall–Kier alpha value is -4.74. The SMILES string of the molecule is CCn1c(=O)c(-c2noc(C(=O)NCc3ccc(OC)cc3OC)n2)nn(-c2ccccc2)c1=O. The van der Waals surface area contributed by atoms with Crippen LogP contribution in [0.5, 0.6) is 11.5 Å². The molecule has 1 N–H and O–H groups in total. The molecular weight excluding hydrogens is 456 g/mol. The standard InChI is InChI=1S/C23H22N6O6/c1-4-28-22(31)18(26-29(23(28)32)15-8-6-5-7-9-15)19-25-21(35-27-19)20(30)24-13-14-10-11-16(33-2)12-17(14)34-3/h5-12H,4,13H2,1-3H3,(H,24,30). The fourth-order valence-corrected chi connectivity index (χ4v) is 3.33. The summed E-state index contributed by atoms with van der Waals surface area (Å²) in [6, 6.07) is 13.8. The highest BCUT2D eigenvalue weighted by Crippen LogP contribution is 2.24. The van der Waals surface area contributed by atoms with Gasteiger partial charge in [0.2, 0.25) is 5.82 Å². The third-order valence-corrected chi connectivity index (χ3v) is 5.14. The minimum absolute atomic E-state index is 0.106. The monoisotopic (exact) mass is 478 g/mol. The van der Waals surface area contributed by atoms with E-state index in [2.05, 4.69) is 20.6 Å². The highest BCUT2D eigenvalue weighted by atomic mass is 16.5. The third-order valence-electron chi connectivity index (χ3n) is 5.14. The first-order chi connectivity index (χ1) is 17.0. The van der Waals surface area contributed by atoms with Gasteiger partial charge in [-0.1, -0.05) is 23.4 Å².